The summed E-state index contributed by atoms with van der Waals surface area (Å²) in [4.78, 5) is 0. The van der Waals surface area contributed by atoms with Gasteiger partial charge >= 0.3 is 207 Å². The molecule has 21 rings (SSSR count). The number of aliphatic hydroxyl groups excluding tert-OH is 14. The third-order valence-corrected chi connectivity index (χ3v) is 27.6. The van der Waals surface area contributed by atoms with E-state index in [1.807, 2.05) is 0 Å². The predicted octanol–water partition coefficient (Wildman–Crippen LogP) is -33.8. The summed E-state index contributed by atoms with van der Waals surface area (Å²) in [5.74, 6) is -6.14. The van der Waals surface area contributed by atoms with E-state index in [2.05, 4.69) is 0 Å². The summed E-state index contributed by atoms with van der Waals surface area (Å²) in [6, 6.07) is 0. The fourth-order valence-electron chi connectivity index (χ4n) is 15.1. The number of hydrogen-bond acceptors (Lipinski definition) is 56. The normalized spacial score (nSPS) is 36.0. The zero-order valence-corrected chi connectivity index (χ0v) is 97.9. The van der Waals surface area contributed by atoms with Crippen LogP contribution in [-0.4, -0.2) is 510 Å². The Balaban J connectivity index is 0.0000140. The van der Waals surface area contributed by atoms with Gasteiger partial charge in [-0.2, -0.15) is 0 Å². The van der Waals surface area contributed by atoms with Crippen LogP contribution in [-0.2, 0) is 170 Å². The van der Waals surface area contributed by atoms with E-state index in [-0.39, 0.29) is 297 Å². The van der Waals surface area contributed by atoms with Gasteiger partial charge in [-0.25, -0.2) is 58.9 Å². The van der Waals surface area contributed by atoms with Crippen molar-refractivity contribution in [3.05, 3.63) is 0 Å². The van der Waals surface area contributed by atoms with Crippen molar-refractivity contribution in [3.8, 4) is 0 Å². The first-order valence-corrected chi connectivity index (χ1v) is 53.5. The first kappa shape index (κ1) is 143. The maximum atomic E-state index is 12.3. The molecule has 0 spiro atoms. The molecule has 21 heterocycles. The Bertz CT molecular complexity index is 3560. The quantitative estimate of drug-likeness (QED) is 0.0153. The molecule has 0 aliphatic carbocycles. The molecule has 14 bridgehead atoms. The number of rotatable bonds is 49. The Morgan fingerprint density at radius 2 is 0.264 bits per heavy atom. The molecule has 0 amide bonds. The third kappa shape index (κ3) is 48.8. The Kier molecular flexibility index (Phi) is 69.5. The number of ether oxygens (including phenoxy) is 21. The van der Waals surface area contributed by atoms with E-state index in [9.17, 15) is 162 Å². The molecule has 140 heavy (non-hydrogen) atoms. The average Bonchev–Trinajstić information content (AvgIpc) is 0.794. The summed E-state index contributed by atoms with van der Waals surface area (Å²) in [5, 5.41) is 171. The maximum absolute atomic E-state index is 12.3. The molecular formula is C70H119Na7O56S7. The van der Waals surface area contributed by atoms with Crippen LogP contribution in [0.4, 0.5) is 0 Å². The number of hydrogen-bond donors (Lipinski definition) is 14. The number of unbranched alkanes of at least 4 members (excludes halogenated alkanes) is 7. The van der Waals surface area contributed by atoms with Crippen molar-refractivity contribution in [2.24, 2.45) is 0 Å². The van der Waals surface area contributed by atoms with Crippen molar-refractivity contribution in [1.82, 2.24) is 0 Å². The zero-order valence-electron chi connectivity index (χ0n) is 78.2. The van der Waals surface area contributed by atoms with Gasteiger partial charge in [0.1, 0.15) is 171 Å². The smallest absolute Gasteiger partial charge is 0.748 e. The Morgan fingerprint density at radius 1 is 0.164 bits per heavy atom. The van der Waals surface area contributed by atoms with Gasteiger partial charge in [0, 0.05) is 86.5 Å². The standard InChI is InChI=1S/C70H126O56S7.7Na/c71-43-50(78)64-113-36(29-106-15-1-8-22-127(85,86)87)57(43)120-65-51(79)44(72)59(38(114-65)31-108-17-3-10-24-129(91,92)93)122-67-53(81)46(74)61(40(116-67)33-110-19-5-12-26-131(97,98)99)124-69-55(83)48(76)63(42(118-69)35-112-21-7-14-28-133(103,104)105)126-70-56(84)49(77)62(41(119-70)34-111-20-6-13-27-132(100,101)102)125-68-54(82)47(75)60(39(117-68)32-109-18-4-11-25-130(94,95)96)123-66-52(80)45(73)58(121-64)37(115-66)30-107-16-2-9-23-128(88,89)90;;;;;;;/h36-84H,1-35H2,(H,85,86,87)(H,88,89,90)(H,91,92,93)(H,94,95,96)(H,97,98,99)(H,100,101,102)(H,103,104,105);;;;;;;/q;7*+1/p-7/t36?,37?,38?,39?,40?,41?,42?,43-,44-,45-,46-,47-,48-,49-,50?,51?,52?,53?,54?,55?,56?,57-,58-,59-,60-,61-,62-,63+,64-,65-,66-,67-,68-,69+,70-;;;;;;;/m1......./s1. The van der Waals surface area contributed by atoms with E-state index in [1.165, 1.54) is 0 Å². The van der Waals surface area contributed by atoms with Crippen LogP contribution in [0.15, 0.2) is 0 Å². The van der Waals surface area contributed by atoms with Crippen molar-refractivity contribution in [2.75, 3.05) is 133 Å². The molecule has 0 aromatic rings. The van der Waals surface area contributed by atoms with Gasteiger partial charge in [-0.05, 0) is 89.9 Å². The van der Waals surface area contributed by atoms with Crippen LogP contribution in [0.3, 0.4) is 0 Å². The van der Waals surface area contributed by atoms with Gasteiger partial charge in [-0.15, -0.1) is 0 Å². The predicted molar refractivity (Wildman–Crippen MR) is 421 cm³/mol. The van der Waals surface area contributed by atoms with Crippen molar-refractivity contribution in [2.45, 2.75) is 305 Å². The summed E-state index contributed by atoms with van der Waals surface area (Å²) in [6.45, 7) is -8.85. The second-order valence-electron chi connectivity index (χ2n) is 32.7. The summed E-state index contributed by atoms with van der Waals surface area (Å²) in [5.41, 5.74) is 0. The van der Waals surface area contributed by atoms with Gasteiger partial charge in [-0.1, -0.05) is 0 Å². The fourth-order valence-corrected chi connectivity index (χ4v) is 19.0. The van der Waals surface area contributed by atoms with E-state index < -0.39 is 419 Å². The summed E-state index contributed by atoms with van der Waals surface area (Å²) < 4.78 is 369. The molecule has 784 valence electrons. The van der Waals surface area contributed by atoms with Crippen LogP contribution < -0.4 is 207 Å². The van der Waals surface area contributed by atoms with Gasteiger partial charge in [0.15, 0.2) is 44.0 Å². The zero-order chi connectivity index (χ0) is 98.3. The minimum atomic E-state index is -4.78. The van der Waals surface area contributed by atoms with Gasteiger partial charge in [0.05, 0.1) is 117 Å². The van der Waals surface area contributed by atoms with Crippen molar-refractivity contribution in [1.29, 1.82) is 0 Å². The first-order chi connectivity index (χ1) is 62.2. The van der Waals surface area contributed by atoms with Gasteiger partial charge < -0.3 is 203 Å². The number of aliphatic hydroxyl groups is 14. The molecule has 21 fully saturated rings. The molecule has 0 aromatic carbocycles. The maximum Gasteiger partial charge on any atom is 1.00 e. The van der Waals surface area contributed by atoms with E-state index in [0.29, 0.717) is 0 Å². The molecule has 21 aliphatic rings. The third-order valence-electron chi connectivity index (χ3n) is 22.0. The van der Waals surface area contributed by atoms with Gasteiger partial charge in [-0.3, -0.25) is 0 Å². The van der Waals surface area contributed by atoms with Crippen LogP contribution >= 0.6 is 0 Å². The van der Waals surface area contributed by atoms with Gasteiger partial charge in [0.25, 0.3) is 0 Å². The second kappa shape index (κ2) is 68.0. The molecule has 70 heteroatoms. The van der Waals surface area contributed by atoms with E-state index in [1.54, 1.807) is 0 Å². The van der Waals surface area contributed by atoms with Crippen LogP contribution in [0.5, 0.6) is 0 Å². The van der Waals surface area contributed by atoms with Crippen molar-refractivity contribution >= 4 is 70.8 Å². The molecule has 35 atom stereocenters. The summed E-state index contributed by atoms with van der Waals surface area (Å²) >= 11 is 0. The molecule has 0 aromatic heterocycles. The molecular weight excluding hydrogens is 2120 g/mol. The fraction of sp³-hybridized carbons (Fsp3) is 1.00. The van der Waals surface area contributed by atoms with Crippen LogP contribution in [0.2, 0.25) is 0 Å². The van der Waals surface area contributed by atoms with Crippen molar-refractivity contribution in [3.63, 3.8) is 0 Å². The summed E-state index contributed by atoms with van der Waals surface area (Å²) in [6.07, 6.45) is -82.0. The van der Waals surface area contributed by atoms with Crippen LogP contribution in [0.1, 0.15) is 89.9 Å². The SMILES string of the molecule is O=S(=O)([O-])CCCCOCC1O[C@@H]2O[C@@H]3C(COCCCCS(=O)(=O)[O-])O[C@H](O[C@@H]4C(COCCCCS(=O)(=O)[O-])O[C@H](O[C@H]5C(COCCCCS(=O)(=O)[O-])O[C@@H](O[C@@H]6C(COCCCCS(=O)(=O)[O-])O[C@H](O[C@@H]7C(COCCCCS(=O)(=O)[O-])O[C@H](O[C@@H]8C(COCCCCS(=O)(=O)[O-])O[C@H](O[C@H]1[C@H](O)C2O)C(O)[C@H]8O)C(O)[C@H]7O)C(O)[C@H]6O)C(O)[C@H]5O)C(O)[C@H]4O)C(O)[C@H]3O.[Na+].[Na+].[Na+].[Na+].[Na+].[Na+].[Na+]. The monoisotopic (exact) mass is 2240 g/mol. The Morgan fingerprint density at radius 3 is 0.357 bits per heavy atom. The Hall–Kier alpha value is 4.97. The molecule has 14 unspecified atom stereocenters. The molecule has 21 aliphatic heterocycles. The topological polar surface area (TPSA) is 877 Å². The average molecular weight is 2240 g/mol. The van der Waals surface area contributed by atoms with Crippen LogP contribution in [0.25, 0.3) is 0 Å². The largest absolute Gasteiger partial charge is 1.00 e. The van der Waals surface area contributed by atoms with Crippen LogP contribution in [0, 0.1) is 0 Å². The first-order valence-electron chi connectivity index (χ1n) is 42.5. The van der Waals surface area contributed by atoms with E-state index in [0.717, 1.165) is 0 Å². The summed E-state index contributed by atoms with van der Waals surface area (Å²) in [7, 11) is -33.4. The van der Waals surface area contributed by atoms with Gasteiger partial charge in [0.2, 0.25) is 0 Å². The second-order valence-corrected chi connectivity index (χ2v) is 43.3. The molecule has 0 saturated carbocycles. The molecule has 21 saturated heterocycles. The van der Waals surface area contributed by atoms with Crippen molar-refractivity contribution < 1.29 is 469 Å². The molecule has 56 nitrogen and oxygen atoms in total. The van der Waals surface area contributed by atoms with E-state index >= 15 is 0 Å². The molecule has 14 N–H and O–H groups in total. The van der Waals surface area contributed by atoms with E-state index in [4.69, 9.17) is 99.5 Å². The molecule has 0 radical (unpaired) electrons. The Labute approximate surface area is 965 Å². The minimum absolute atomic E-state index is 0. The minimum Gasteiger partial charge on any atom is -0.748 e.